The van der Waals surface area contributed by atoms with Gasteiger partial charge < -0.3 is 19.5 Å². The number of aryl methyl sites for hydroxylation is 2. The van der Waals surface area contributed by atoms with Crippen molar-refractivity contribution in [2.75, 3.05) is 26.6 Å². The molecule has 0 saturated carbocycles. The lowest BCUT2D eigenvalue weighted by Crippen LogP contribution is -2.53. The first kappa shape index (κ1) is 24.4. The molecule has 1 aliphatic heterocycles. The van der Waals surface area contributed by atoms with E-state index in [1.807, 2.05) is 44.2 Å². The Morgan fingerprint density at radius 3 is 2.26 bits per heavy atom. The van der Waals surface area contributed by atoms with Crippen molar-refractivity contribution >= 4 is 33.4 Å². The van der Waals surface area contributed by atoms with Crippen molar-refractivity contribution in [1.29, 1.82) is 0 Å². The van der Waals surface area contributed by atoms with Crippen molar-refractivity contribution in [3.8, 4) is 17.2 Å². The van der Waals surface area contributed by atoms with Gasteiger partial charge in [0.15, 0.2) is 11.5 Å². The van der Waals surface area contributed by atoms with Crippen LogP contribution in [0.4, 0.5) is 5.69 Å². The highest BCUT2D eigenvalue weighted by molar-refractivity contribution is 9.10. The zero-order valence-corrected chi connectivity index (χ0v) is 21.6. The summed E-state index contributed by atoms with van der Waals surface area (Å²) in [7, 11) is 4.44. The van der Waals surface area contributed by atoms with Crippen molar-refractivity contribution in [3.63, 3.8) is 0 Å². The Labute approximate surface area is 212 Å². The van der Waals surface area contributed by atoms with E-state index in [9.17, 15) is 9.59 Å². The molecule has 0 bridgehead atoms. The summed E-state index contributed by atoms with van der Waals surface area (Å²) in [6.45, 7) is 3.98. The molecular formula is C26H26BrN3O5. The predicted octanol–water partition coefficient (Wildman–Crippen LogP) is 5.00. The highest BCUT2D eigenvalue weighted by Crippen LogP contribution is 2.39. The topological polar surface area (TPSA) is 89.1 Å². The van der Waals surface area contributed by atoms with E-state index >= 15 is 0 Å². The first-order chi connectivity index (χ1) is 16.8. The van der Waals surface area contributed by atoms with Gasteiger partial charge >= 0.3 is 0 Å². The second-order valence-corrected chi connectivity index (χ2v) is 9.04. The Kier molecular flexibility index (Phi) is 6.88. The Bertz CT molecular complexity index is 1290. The van der Waals surface area contributed by atoms with Crippen molar-refractivity contribution in [2.45, 2.75) is 20.0 Å². The smallest absolute Gasteiger partial charge is 0.276 e. The fraction of sp³-hybridized carbons (Fsp3) is 0.231. The van der Waals surface area contributed by atoms with Crippen LogP contribution in [0.1, 0.15) is 43.6 Å². The SMILES string of the molecule is COc1cc(C(=O)NN2C(=O)c3cc(Br)ccc3N[C@@H]2c2ccc(C)cc2C)cc(OC)c1OC. The van der Waals surface area contributed by atoms with Crippen LogP contribution in [-0.4, -0.2) is 38.2 Å². The third-order valence-corrected chi connectivity index (χ3v) is 6.34. The van der Waals surface area contributed by atoms with E-state index in [-0.39, 0.29) is 11.5 Å². The molecule has 1 atom stereocenters. The third-order valence-electron chi connectivity index (χ3n) is 5.85. The third kappa shape index (κ3) is 4.64. The summed E-state index contributed by atoms with van der Waals surface area (Å²) >= 11 is 3.42. The molecule has 3 aromatic rings. The highest BCUT2D eigenvalue weighted by Gasteiger charge is 2.35. The van der Waals surface area contributed by atoms with Gasteiger partial charge in [-0.1, -0.05) is 39.7 Å². The molecule has 0 fully saturated rings. The minimum Gasteiger partial charge on any atom is -0.493 e. The van der Waals surface area contributed by atoms with Crippen molar-refractivity contribution < 1.29 is 23.8 Å². The van der Waals surface area contributed by atoms with E-state index < -0.39 is 12.1 Å². The molecule has 2 amide bonds. The molecule has 1 heterocycles. The number of ether oxygens (including phenoxy) is 3. The van der Waals surface area contributed by atoms with Crippen molar-refractivity contribution in [3.05, 3.63) is 80.8 Å². The molecule has 1 aliphatic rings. The number of halogens is 1. The van der Waals surface area contributed by atoms with E-state index in [0.717, 1.165) is 21.2 Å². The Balaban J connectivity index is 1.76. The largest absolute Gasteiger partial charge is 0.493 e. The van der Waals surface area contributed by atoms with E-state index in [0.29, 0.717) is 28.5 Å². The number of nitrogens with zero attached hydrogens (tertiary/aromatic N) is 1. The Hall–Kier alpha value is -3.72. The number of carbonyl (C=O) groups excluding carboxylic acids is 2. The van der Waals surface area contributed by atoms with Crippen LogP contribution >= 0.6 is 15.9 Å². The van der Waals surface area contributed by atoms with Gasteiger partial charge in [0.1, 0.15) is 6.17 Å². The van der Waals surface area contributed by atoms with Crippen LogP contribution in [0.5, 0.6) is 17.2 Å². The van der Waals surface area contributed by atoms with E-state index in [4.69, 9.17) is 14.2 Å². The quantitative estimate of drug-likeness (QED) is 0.458. The Morgan fingerprint density at radius 1 is 0.971 bits per heavy atom. The number of rotatable bonds is 6. The molecule has 35 heavy (non-hydrogen) atoms. The number of methoxy groups -OCH3 is 3. The predicted molar refractivity (Wildman–Crippen MR) is 136 cm³/mol. The normalized spacial score (nSPS) is 14.6. The molecule has 0 unspecified atom stereocenters. The van der Waals surface area contributed by atoms with Gasteiger partial charge in [-0.2, -0.15) is 0 Å². The van der Waals surface area contributed by atoms with Crippen LogP contribution in [0.15, 0.2) is 53.0 Å². The first-order valence-corrected chi connectivity index (χ1v) is 11.6. The van der Waals surface area contributed by atoms with Gasteiger partial charge in [0, 0.05) is 15.7 Å². The maximum absolute atomic E-state index is 13.6. The Morgan fingerprint density at radius 2 is 1.66 bits per heavy atom. The summed E-state index contributed by atoms with van der Waals surface area (Å²) in [4.78, 5) is 27.0. The number of anilines is 1. The summed E-state index contributed by atoms with van der Waals surface area (Å²) in [5, 5.41) is 4.72. The van der Waals surface area contributed by atoms with Gasteiger partial charge in [0.25, 0.3) is 11.8 Å². The summed E-state index contributed by atoms with van der Waals surface area (Å²) in [5.41, 5.74) is 7.11. The molecule has 182 valence electrons. The molecule has 0 aliphatic carbocycles. The van der Waals surface area contributed by atoms with Crippen LogP contribution in [0.2, 0.25) is 0 Å². The number of nitrogens with one attached hydrogen (secondary N) is 2. The minimum absolute atomic E-state index is 0.242. The lowest BCUT2D eigenvalue weighted by Gasteiger charge is -2.38. The molecule has 0 spiro atoms. The summed E-state index contributed by atoms with van der Waals surface area (Å²) < 4.78 is 16.9. The number of hydrazine groups is 1. The molecule has 8 nitrogen and oxygen atoms in total. The minimum atomic E-state index is -0.622. The fourth-order valence-electron chi connectivity index (χ4n) is 4.13. The van der Waals surface area contributed by atoms with Crippen LogP contribution in [0.3, 0.4) is 0 Å². The molecular weight excluding hydrogens is 514 g/mol. The van der Waals surface area contributed by atoms with Gasteiger partial charge in [-0.3, -0.25) is 15.0 Å². The average Bonchev–Trinajstić information content (AvgIpc) is 2.85. The second kappa shape index (κ2) is 9.87. The van der Waals surface area contributed by atoms with Crippen molar-refractivity contribution in [2.24, 2.45) is 0 Å². The van der Waals surface area contributed by atoms with Crippen LogP contribution in [0.25, 0.3) is 0 Å². The summed E-state index contributed by atoms with van der Waals surface area (Å²) in [5.74, 6) is 0.188. The number of hydrogen-bond donors (Lipinski definition) is 2. The first-order valence-electron chi connectivity index (χ1n) is 10.8. The molecule has 0 saturated heterocycles. The summed E-state index contributed by atoms with van der Waals surface area (Å²) in [6, 6.07) is 14.5. The summed E-state index contributed by atoms with van der Waals surface area (Å²) in [6.07, 6.45) is -0.622. The van der Waals surface area contributed by atoms with E-state index in [2.05, 4.69) is 26.7 Å². The molecule has 0 radical (unpaired) electrons. The van der Waals surface area contributed by atoms with Crippen LogP contribution in [-0.2, 0) is 0 Å². The molecule has 9 heteroatoms. The highest BCUT2D eigenvalue weighted by atomic mass is 79.9. The van der Waals surface area contributed by atoms with E-state index in [1.54, 1.807) is 6.07 Å². The number of amides is 2. The molecule has 2 N–H and O–H groups in total. The van der Waals surface area contributed by atoms with Gasteiger partial charge in [-0.25, -0.2) is 5.01 Å². The zero-order chi connectivity index (χ0) is 25.3. The number of carbonyl (C=O) groups is 2. The maximum Gasteiger partial charge on any atom is 0.276 e. The average molecular weight is 540 g/mol. The lowest BCUT2D eigenvalue weighted by atomic mass is 10.00. The van der Waals surface area contributed by atoms with Gasteiger partial charge in [0.05, 0.1) is 26.9 Å². The van der Waals surface area contributed by atoms with Gasteiger partial charge in [-0.05, 0) is 55.3 Å². The van der Waals surface area contributed by atoms with Gasteiger partial charge in [-0.15, -0.1) is 0 Å². The standard InChI is InChI=1S/C26H26BrN3O5/c1-14-6-8-18(15(2)10-14)24-28-20-9-7-17(27)13-19(20)26(32)30(24)29-25(31)16-11-21(33-3)23(35-5)22(12-16)34-4/h6-13,24,28H,1-5H3,(H,29,31)/t24-/m0/s1. The number of hydrogen-bond acceptors (Lipinski definition) is 6. The fourth-order valence-corrected chi connectivity index (χ4v) is 4.49. The van der Waals surface area contributed by atoms with Crippen molar-refractivity contribution in [1.82, 2.24) is 10.4 Å². The molecule has 4 rings (SSSR count). The number of fused-ring (bicyclic) bond motifs is 1. The molecule has 3 aromatic carbocycles. The lowest BCUT2D eigenvalue weighted by molar-refractivity contribution is 0.0490. The van der Waals surface area contributed by atoms with Gasteiger partial charge in [0.2, 0.25) is 5.75 Å². The van der Waals surface area contributed by atoms with Crippen LogP contribution < -0.4 is 25.0 Å². The second-order valence-electron chi connectivity index (χ2n) is 8.13. The zero-order valence-electron chi connectivity index (χ0n) is 20.1. The maximum atomic E-state index is 13.6. The van der Waals surface area contributed by atoms with E-state index in [1.165, 1.54) is 38.5 Å². The number of benzene rings is 3. The monoisotopic (exact) mass is 539 g/mol. The van der Waals surface area contributed by atoms with Crippen LogP contribution in [0, 0.1) is 13.8 Å². The molecule has 0 aromatic heterocycles.